The molecule has 2 N–H and O–H groups in total. The second-order valence-corrected chi connectivity index (χ2v) is 2.92. The van der Waals surface area contributed by atoms with E-state index in [-0.39, 0.29) is 0 Å². The second-order valence-electron chi connectivity index (χ2n) is 2.92. The van der Waals surface area contributed by atoms with Crippen molar-refractivity contribution >= 4 is 5.69 Å². The molecule has 0 saturated heterocycles. The Morgan fingerprint density at radius 1 is 1.69 bits per heavy atom. The number of hydrogen-bond donors (Lipinski definition) is 1. The fraction of sp³-hybridized carbons (Fsp3) is 0.300. The lowest BCUT2D eigenvalue weighted by molar-refractivity contribution is 0.365. The number of nitrogens with zero attached hydrogens (tertiary/aromatic N) is 2. The van der Waals surface area contributed by atoms with Gasteiger partial charge in [0, 0.05) is 12.7 Å². The van der Waals surface area contributed by atoms with Crippen molar-refractivity contribution in [3.63, 3.8) is 0 Å². The first-order valence-electron chi connectivity index (χ1n) is 4.05. The summed E-state index contributed by atoms with van der Waals surface area (Å²) < 4.78 is 0. The largest absolute Gasteiger partial charge is 0.397 e. The molecule has 0 aliphatic rings. The van der Waals surface area contributed by atoms with Crippen LogP contribution in [0.5, 0.6) is 0 Å². The molecule has 0 saturated carbocycles. The standard InChI is InChI=1S/C10H13N3/c1-3-7-13(2)8-10-9(11)5-4-6-12-10/h1,4-6H,7-8,11H2,2H3. The van der Waals surface area contributed by atoms with Crippen LogP contribution in [-0.2, 0) is 6.54 Å². The summed E-state index contributed by atoms with van der Waals surface area (Å²) in [5.74, 6) is 2.56. The van der Waals surface area contributed by atoms with E-state index in [1.165, 1.54) is 0 Å². The Hall–Kier alpha value is -1.53. The number of pyridine rings is 1. The first-order valence-corrected chi connectivity index (χ1v) is 4.05. The van der Waals surface area contributed by atoms with Gasteiger partial charge in [0.15, 0.2) is 0 Å². The van der Waals surface area contributed by atoms with Gasteiger partial charge in [-0.2, -0.15) is 0 Å². The van der Waals surface area contributed by atoms with Crippen LogP contribution >= 0.6 is 0 Å². The number of nitrogens with two attached hydrogens (primary N) is 1. The molecule has 0 aliphatic carbocycles. The molecule has 3 heteroatoms. The second kappa shape index (κ2) is 4.48. The monoisotopic (exact) mass is 175 g/mol. The number of terminal acetylenes is 1. The molecule has 1 aromatic rings. The Balaban J connectivity index is 2.64. The summed E-state index contributed by atoms with van der Waals surface area (Å²) in [6.07, 6.45) is 6.91. The van der Waals surface area contributed by atoms with Crippen molar-refractivity contribution in [2.45, 2.75) is 6.54 Å². The number of aromatic nitrogens is 1. The maximum Gasteiger partial charge on any atom is 0.0772 e. The van der Waals surface area contributed by atoms with E-state index in [0.29, 0.717) is 18.8 Å². The van der Waals surface area contributed by atoms with E-state index in [1.54, 1.807) is 6.20 Å². The summed E-state index contributed by atoms with van der Waals surface area (Å²) in [6.45, 7) is 1.30. The Morgan fingerprint density at radius 3 is 3.08 bits per heavy atom. The molecule has 0 amide bonds. The predicted octanol–water partition coefficient (Wildman–Crippen LogP) is 0.729. The van der Waals surface area contributed by atoms with Gasteiger partial charge in [-0.3, -0.25) is 9.88 Å². The third kappa shape index (κ3) is 2.77. The summed E-state index contributed by atoms with van der Waals surface area (Å²) in [4.78, 5) is 6.15. The minimum absolute atomic E-state index is 0.607. The normalized spacial score (nSPS) is 9.92. The van der Waals surface area contributed by atoms with Gasteiger partial charge >= 0.3 is 0 Å². The lowest BCUT2D eigenvalue weighted by Gasteiger charge is -2.13. The van der Waals surface area contributed by atoms with E-state index >= 15 is 0 Å². The molecule has 1 heterocycles. The van der Waals surface area contributed by atoms with Crippen molar-refractivity contribution in [2.75, 3.05) is 19.3 Å². The molecule has 1 rings (SSSR count). The summed E-state index contributed by atoms with van der Waals surface area (Å²) in [6, 6.07) is 3.66. The van der Waals surface area contributed by atoms with Crippen molar-refractivity contribution in [3.8, 4) is 12.3 Å². The smallest absolute Gasteiger partial charge is 0.0772 e. The van der Waals surface area contributed by atoms with Crippen LogP contribution in [0.1, 0.15) is 5.69 Å². The summed E-state index contributed by atoms with van der Waals surface area (Å²) >= 11 is 0. The topological polar surface area (TPSA) is 42.2 Å². The van der Waals surface area contributed by atoms with Crippen LogP contribution in [0.4, 0.5) is 5.69 Å². The lowest BCUT2D eigenvalue weighted by Crippen LogP contribution is -2.19. The first-order chi connectivity index (χ1) is 6.24. The zero-order valence-electron chi connectivity index (χ0n) is 7.70. The number of anilines is 1. The van der Waals surface area contributed by atoms with E-state index in [9.17, 15) is 0 Å². The van der Waals surface area contributed by atoms with Gasteiger partial charge in [0.1, 0.15) is 0 Å². The lowest BCUT2D eigenvalue weighted by atomic mass is 10.3. The maximum atomic E-state index is 5.72. The molecule has 13 heavy (non-hydrogen) atoms. The summed E-state index contributed by atoms with van der Waals surface area (Å²) in [5, 5.41) is 0. The van der Waals surface area contributed by atoms with Crippen molar-refractivity contribution in [1.82, 2.24) is 9.88 Å². The molecule has 0 fully saturated rings. The van der Waals surface area contributed by atoms with Gasteiger partial charge in [0.2, 0.25) is 0 Å². The van der Waals surface area contributed by atoms with Crippen LogP contribution in [0.15, 0.2) is 18.3 Å². The van der Waals surface area contributed by atoms with Crippen LogP contribution in [-0.4, -0.2) is 23.5 Å². The highest BCUT2D eigenvalue weighted by Gasteiger charge is 2.02. The SMILES string of the molecule is C#CCN(C)Cc1ncccc1N. The molecule has 0 spiro atoms. The zero-order valence-corrected chi connectivity index (χ0v) is 7.70. The van der Waals surface area contributed by atoms with Crippen LogP contribution in [0, 0.1) is 12.3 Å². The molecule has 0 atom stereocenters. The van der Waals surface area contributed by atoms with E-state index in [0.717, 1.165) is 5.69 Å². The highest BCUT2D eigenvalue weighted by Crippen LogP contribution is 2.08. The Labute approximate surface area is 78.6 Å². The van der Waals surface area contributed by atoms with Crippen LogP contribution in [0.25, 0.3) is 0 Å². The summed E-state index contributed by atoms with van der Waals surface area (Å²) in [7, 11) is 1.94. The molecule has 0 aromatic carbocycles. The maximum absolute atomic E-state index is 5.72. The molecule has 1 aromatic heterocycles. The molecule has 68 valence electrons. The van der Waals surface area contributed by atoms with Crippen LogP contribution in [0.3, 0.4) is 0 Å². The average molecular weight is 175 g/mol. The third-order valence-corrected chi connectivity index (χ3v) is 1.71. The number of rotatable bonds is 3. The molecular formula is C10H13N3. The van der Waals surface area contributed by atoms with Gasteiger partial charge in [-0.1, -0.05) is 5.92 Å². The molecule has 0 radical (unpaired) electrons. The van der Waals surface area contributed by atoms with Gasteiger partial charge in [-0.15, -0.1) is 6.42 Å². The molecule has 3 nitrogen and oxygen atoms in total. The Kier molecular flexibility index (Phi) is 3.30. The van der Waals surface area contributed by atoms with Gasteiger partial charge in [0.05, 0.1) is 17.9 Å². The fourth-order valence-corrected chi connectivity index (χ4v) is 1.05. The minimum Gasteiger partial charge on any atom is -0.397 e. The van der Waals surface area contributed by atoms with Gasteiger partial charge < -0.3 is 5.73 Å². The number of nitrogen functional groups attached to an aromatic ring is 1. The average Bonchev–Trinajstić information content (AvgIpc) is 2.09. The van der Waals surface area contributed by atoms with Crippen LogP contribution in [0.2, 0.25) is 0 Å². The molecular weight excluding hydrogens is 162 g/mol. The van der Waals surface area contributed by atoms with E-state index in [1.807, 2.05) is 24.1 Å². The third-order valence-electron chi connectivity index (χ3n) is 1.71. The highest BCUT2D eigenvalue weighted by atomic mass is 15.1. The molecule has 0 aliphatic heterocycles. The van der Waals surface area contributed by atoms with Crippen molar-refractivity contribution in [2.24, 2.45) is 0 Å². The van der Waals surface area contributed by atoms with E-state index < -0.39 is 0 Å². The summed E-state index contributed by atoms with van der Waals surface area (Å²) in [5.41, 5.74) is 7.31. The van der Waals surface area contributed by atoms with Crippen molar-refractivity contribution < 1.29 is 0 Å². The van der Waals surface area contributed by atoms with Crippen molar-refractivity contribution in [1.29, 1.82) is 0 Å². The minimum atomic E-state index is 0.607. The number of hydrogen-bond acceptors (Lipinski definition) is 3. The Morgan fingerprint density at radius 2 is 2.46 bits per heavy atom. The highest BCUT2D eigenvalue weighted by molar-refractivity contribution is 5.41. The first kappa shape index (κ1) is 9.56. The predicted molar refractivity (Wildman–Crippen MR) is 53.8 cm³/mol. The molecule has 0 unspecified atom stereocenters. The van der Waals surface area contributed by atoms with Gasteiger partial charge in [-0.05, 0) is 19.2 Å². The van der Waals surface area contributed by atoms with Gasteiger partial charge in [-0.25, -0.2) is 0 Å². The Bertz CT molecular complexity index is 314. The quantitative estimate of drug-likeness (QED) is 0.689. The zero-order chi connectivity index (χ0) is 9.68. The fourth-order valence-electron chi connectivity index (χ4n) is 1.05. The van der Waals surface area contributed by atoms with Crippen molar-refractivity contribution in [3.05, 3.63) is 24.0 Å². The van der Waals surface area contributed by atoms with E-state index in [2.05, 4.69) is 10.9 Å². The van der Waals surface area contributed by atoms with Crippen LogP contribution < -0.4 is 5.73 Å². The van der Waals surface area contributed by atoms with E-state index in [4.69, 9.17) is 12.2 Å². The molecule has 0 bridgehead atoms. The van der Waals surface area contributed by atoms with Gasteiger partial charge in [0.25, 0.3) is 0 Å².